The van der Waals surface area contributed by atoms with Crippen molar-refractivity contribution in [1.29, 1.82) is 0 Å². The SMILES string of the molecule is CCc1nn(C)c(C(=O)NC(C)c2ncc[nH]2)c1N. The molecule has 2 heterocycles. The average molecular weight is 262 g/mol. The number of hydrogen-bond acceptors (Lipinski definition) is 4. The van der Waals surface area contributed by atoms with Crippen LogP contribution < -0.4 is 11.1 Å². The van der Waals surface area contributed by atoms with Crippen LogP contribution >= 0.6 is 0 Å². The van der Waals surface area contributed by atoms with Gasteiger partial charge in [-0.3, -0.25) is 9.48 Å². The maximum atomic E-state index is 12.2. The molecule has 1 atom stereocenters. The molecule has 0 aliphatic heterocycles. The predicted octanol–water partition coefficient (Wildman–Crippen LogP) is 0.779. The van der Waals surface area contributed by atoms with Crippen molar-refractivity contribution in [3.05, 3.63) is 29.6 Å². The largest absolute Gasteiger partial charge is 0.395 e. The highest BCUT2D eigenvalue weighted by atomic mass is 16.2. The third-order valence-electron chi connectivity index (χ3n) is 2.99. The molecular weight excluding hydrogens is 244 g/mol. The van der Waals surface area contributed by atoms with E-state index in [9.17, 15) is 4.79 Å². The van der Waals surface area contributed by atoms with Gasteiger partial charge < -0.3 is 16.0 Å². The molecule has 0 aliphatic rings. The maximum Gasteiger partial charge on any atom is 0.272 e. The first kappa shape index (κ1) is 13.1. The molecule has 0 saturated heterocycles. The number of hydrogen-bond donors (Lipinski definition) is 3. The van der Waals surface area contributed by atoms with Crippen LogP contribution in [0.4, 0.5) is 5.69 Å². The topological polar surface area (TPSA) is 102 Å². The molecule has 0 fully saturated rings. The Morgan fingerprint density at radius 2 is 2.37 bits per heavy atom. The molecule has 19 heavy (non-hydrogen) atoms. The summed E-state index contributed by atoms with van der Waals surface area (Å²) >= 11 is 0. The minimum absolute atomic E-state index is 0.220. The molecule has 0 spiro atoms. The molecule has 0 radical (unpaired) electrons. The number of aromatic nitrogens is 4. The van der Waals surface area contributed by atoms with Crippen LogP contribution in [0.5, 0.6) is 0 Å². The standard InChI is InChI=1S/C12H18N6O/c1-4-8-9(13)10(18(3)17-8)12(19)16-7(2)11-14-5-6-15-11/h5-7H,4,13H2,1-3H3,(H,14,15)(H,16,19). The van der Waals surface area contributed by atoms with Crippen molar-refractivity contribution in [2.75, 3.05) is 5.73 Å². The van der Waals surface area contributed by atoms with Gasteiger partial charge in [-0.2, -0.15) is 5.10 Å². The highest BCUT2D eigenvalue weighted by molar-refractivity contribution is 5.98. The number of carbonyl (C=O) groups is 1. The minimum Gasteiger partial charge on any atom is -0.395 e. The lowest BCUT2D eigenvalue weighted by Gasteiger charge is -2.11. The van der Waals surface area contributed by atoms with Gasteiger partial charge in [-0.15, -0.1) is 0 Å². The van der Waals surface area contributed by atoms with Gasteiger partial charge in [0.05, 0.1) is 17.4 Å². The van der Waals surface area contributed by atoms with Crippen LogP contribution in [0.2, 0.25) is 0 Å². The molecule has 0 bridgehead atoms. The molecule has 0 aromatic carbocycles. The summed E-state index contributed by atoms with van der Waals surface area (Å²) in [5.74, 6) is 0.445. The Morgan fingerprint density at radius 3 is 2.89 bits per heavy atom. The van der Waals surface area contributed by atoms with E-state index in [1.807, 2.05) is 13.8 Å². The fourth-order valence-electron chi connectivity index (χ4n) is 1.97. The zero-order valence-electron chi connectivity index (χ0n) is 11.3. The van der Waals surface area contributed by atoms with Crippen molar-refractivity contribution in [3.63, 3.8) is 0 Å². The molecule has 1 unspecified atom stereocenters. The highest BCUT2D eigenvalue weighted by Crippen LogP contribution is 2.18. The molecule has 0 saturated carbocycles. The molecule has 1 amide bonds. The number of nitrogens with one attached hydrogen (secondary N) is 2. The van der Waals surface area contributed by atoms with Gasteiger partial charge in [0.2, 0.25) is 0 Å². The van der Waals surface area contributed by atoms with Crippen LogP contribution in [-0.2, 0) is 13.5 Å². The van der Waals surface area contributed by atoms with Gasteiger partial charge in [0.25, 0.3) is 5.91 Å². The van der Waals surface area contributed by atoms with E-state index in [0.717, 1.165) is 5.69 Å². The Kier molecular flexibility index (Phi) is 3.55. The number of aromatic amines is 1. The summed E-state index contributed by atoms with van der Waals surface area (Å²) in [5.41, 5.74) is 7.50. The molecule has 2 rings (SSSR count). The number of rotatable bonds is 4. The number of amides is 1. The van der Waals surface area contributed by atoms with Gasteiger partial charge in [-0.1, -0.05) is 6.92 Å². The maximum absolute atomic E-state index is 12.2. The van der Waals surface area contributed by atoms with Crippen molar-refractivity contribution >= 4 is 11.6 Å². The van der Waals surface area contributed by atoms with E-state index in [1.165, 1.54) is 4.68 Å². The number of H-pyrrole nitrogens is 1. The molecule has 4 N–H and O–H groups in total. The summed E-state index contributed by atoms with van der Waals surface area (Å²) in [5, 5.41) is 7.07. The molecule has 7 heteroatoms. The minimum atomic E-state index is -0.254. The highest BCUT2D eigenvalue weighted by Gasteiger charge is 2.21. The Morgan fingerprint density at radius 1 is 1.63 bits per heavy atom. The van der Waals surface area contributed by atoms with Crippen LogP contribution in [0.3, 0.4) is 0 Å². The number of nitrogen functional groups attached to an aromatic ring is 1. The molecule has 7 nitrogen and oxygen atoms in total. The molecule has 2 aromatic heterocycles. The quantitative estimate of drug-likeness (QED) is 0.757. The van der Waals surface area contributed by atoms with Crippen LogP contribution in [0.25, 0.3) is 0 Å². The lowest BCUT2D eigenvalue weighted by atomic mass is 10.2. The molecule has 2 aromatic rings. The second-order valence-electron chi connectivity index (χ2n) is 4.36. The average Bonchev–Trinajstić information content (AvgIpc) is 2.97. The summed E-state index contributed by atoms with van der Waals surface area (Å²) in [4.78, 5) is 19.3. The van der Waals surface area contributed by atoms with Crippen LogP contribution in [0.1, 0.15) is 41.9 Å². The second-order valence-corrected chi connectivity index (χ2v) is 4.36. The third-order valence-corrected chi connectivity index (χ3v) is 2.99. The van der Waals surface area contributed by atoms with Crippen LogP contribution in [0, 0.1) is 0 Å². The first-order valence-corrected chi connectivity index (χ1v) is 6.16. The van der Waals surface area contributed by atoms with Crippen molar-refractivity contribution in [2.24, 2.45) is 7.05 Å². The van der Waals surface area contributed by atoms with Gasteiger partial charge in [0.1, 0.15) is 11.5 Å². The van der Waals surface area contributed by atoms with E-state index in [4.69, 9.17) is 5.73 Å². The normalized spacial score (nSPS) is 12.4. The summed E-state index contributed by atoms with van der Waals surface area (Å²) in [7, 11) is 1.71. The van der Waals surface area contributed by atoms with Crippen molar-refractivity contribution in [3.8, 4) is 0 Å². The Hall–Kier alpha value is -2.31. The third kappa shape index (κ3) is 2.44. The lowest BCUT2D eigenvalue weighted by Crippen LogP contribution is -2.29. The monoisotopic (exact) mass is 262 g/mol. The van der Waals surface area contributed by atoms with Crippen LogP contribution in [0.15, 0.2) is 12.4 Å². The molecule has 0 aliphatic carbocycles. The smallest absolute Gasteiger partial charge is 0.272 e. The number of nitrogens with two attached hydrogens (primary N) is 1. The van der Waals surface area contributed by atoms with E-state index in [2.05, 4.69) is 20.4 Å². The van der Waals surface area contributed by atoms with Gasteiger partial charge >= 0.3 is 0 Å². The number of carbonyl (C=O) groups excluding carboxylic acids is 1. The van der Waals surface area contributed by atoms with E-state index in [1.54, 1.807) is 19.4 Å². The van der Waals surface area contributed by atoms with E-state index in [0.29, 0.717) is 23.6 Å². The van der Waals surface area contributed by atoms with E-state index < -0.39 is 0 Å². The predicted molar refractivity (Wildman–Crippen MR) is 71.5 cm³/mol. The fraction of sp³-hybridized carbons (Fsp3) is 0.417. The Labute approximate surface area is 111 Å². The number of imidazole rings is 1. The summed E-state index contributed by atoms with van der Waals surface area (Å²) in [6.07, 6.45) is 4.05. The summed E-state index contributed by atoms with van der Waals surface area (Å²) in [6.45, 7) is 3.80. The number of nitrogens with zero attached hydrogens (tertiary/aromatic N) is 3. The van der Waals surface area contributed by atoms with Gasteiger partial charge in [0.15, 0.2) is 0 Å². The first-order valence-electron chi connectivity index (χ1n) is 6.16. The molecule has 102 valence electrons. The fourth-order valence-corrected chi connectivity index (χ4v) is 1.97. The number of anilines is 1. The first-order chi connectivity index (χ1) is 9.04. The number of aryl methyl sites for hydroxylation is 2. The van der Waals surface area contributed by atoms with Crippen molar-refractivity contribution < 1.29 is 4.79 Å². The zero-order valence-corrected chi connectivity index (χ0v) is 11.3. The van der Waals surface area contributed by atoms with Crippen molar-refractivity contribution in [1.82, 2.24) is 25.1 Å². The van der Waals surface area contributed by atoms with E-state index >= 15 is 0 Å². The van der Waals surface area contributed by atoms with Gasteiger partial charge in [-0.05, 0) is 13.3 Å². The van der Waals surface area contributed by atoms with Gasteiger partial charge in [0, 0.05) is 19.4 Å². The summed E-state index contributed by atoms with van der Waals surface area (Å²) < 4.78 is 1.51. The second kappa shape index (κ2) is 5.13. The van der Waals surface area contributed by atoms with Crippen LogP contribution in [-0.4, -0.2) is 25.7 Å². The zero-order chi connectivity index (χ0) is 14.0. The Balaban J connectivity index is 2.19. The van der Waals surface area contributed by atoms with Crippen molar-refractivity contribution in [2.45, 2.75) is 26.3 Å². The lowest BCUT2D eigenvalue weighted by molar-refractivity contribution is 0.0930. The van der Waals surface area contributed by atoms with Gasteiger partial charge in [-0.25, -0.2) is 4.98 Å². The molecular formula is C12H18N6O. The Bertz CT molecular complexity index is 571. The summed E-state index contributed by atoms with van der Waals surface area (Å²) in [6, 6.07) is -0.220. The van der Waals surface area contributed by atoms with E-state index in [-0.39, 0.29) is 11.9 Å².